The molecule has 3 atom stereocenters. The first-order valence-corrected chi connectivity index (χ1v) is 13.5. The Labute approximate surface area is 249 Å². The lowest BCUT2D eigenvalue weighted by Gasteiger charge is -2.36. The summed E-state index contributed by atoms with van der Waals surface area (Å²) in [6.07, 6.45) is 13.8. The molecular weight excluding hydrogens is 548 g/mol. The first-order valence-electron chi connectivity index (χ1n) is 13.5. The van der Waals surface area contributed by atoms with Crippen molar-refractivity contribution in [2.24, 2.45) is 11.8 Å². The highest BCUT2D eigenvalue weighted by Gasteiger charge is 2.40. The molecule has 0 saturated heterocycles. The first kappa shape index (κ1) is 30.4. The maximum absolute atomic E-state index is 14.0. The zero-order valence-corrected chi connectivity index (χ0v) is 23.3. The van der Waals surface area contributed by atoms with Crippen molar-refractivity contribution < 1.29 is 40.5 Å². The van der Waals surface area contributed by atoms with Crippen LogP contribution in [0.2, 0.25) is 0 Å². The Hall–Kier alpha value is -5.55. The van der Waals surface area contributed by atoms with Crippen molar-refractivity contribution >= 4 is 11.9 Å². The summed E-state index contributed by atoms with van der Waals surface area (Å²) in [7, 11) is 0. The summed E-state index contributed by atoms with van der Waals surface area (Å²) in [5.74, 6) is -1.30. The van der Waals surface area contributed by atoms with Crippen LogP contribution in [0.25, 0.3) is 6.08 Å². The molecule has 1 aliphatic rings. The third-order valence-corrected chi connectivity index (χ3v) is 7.40. The van der Waals surface area contributed by atoms with Crippen molar-refractivity contribution in [1.29, 1.82) is 0 Å². The van der Waals surface area contributed by atoms with Gasteiger partial charge in [-0.05, 0) is 72.9 Å². The maximum Gasteiger partial charge on any atom is 0.170 e. The summed E-state index contributed by atoms with van der Waals surface area (Å²) in [5, 5.41) is 71.6. The zero-order chi connectivity index (χ0) is 31.3. The molecule has 0 aromatic heterocycles. The molecule has 0 fully saturated rings. The molecule has 220 valence electrons. The molecule has 0 saturated carbocycles. The highest BCUT2D eigenvalue weighted by molar-refractivity contribution is 6.01. The smallest absolute Gasteiger partial charge is 0.170 e. The summed E-state index contributed by atoms with van der Waals surface area (Å²) in [6.45, 7) is 1.88. The monoisotopic (exact) mass is 580 g/mol. The quantitative estimate of drug-likeness (QED) is 0.0518. The van der Waals surface area contributed by atoms with E-state index in [1.54, 1.807) is 18.2 Å². The van der Waals surface area contributed by atoms with Crippen LogP contribution >= 0.6 is 0 Å². The highest BCUT2D eigenvalue weighted by Crippen LogP contribution is 2.48. The van der Waals surface area contributed by atoms with E-state index in [-0.39, 0.29) is 46.5 Å². The van der Waals surface area contributed by atoms with E-state index >= 15 is 0 Å². The molecule has 7 N–H and O–H groups in total. The van der Waals surface area contributed by atoms with E-state index < -0.39 is 29.3 Å². The second-order valence-electron chi connectivity index (χ2n) is 10.5. The summed E-state index contributed by atoms with van der Waals surface area (Å²) in [5.41, 5.74) is 2.17. The van der Waals surface area contributed by atoms with Gasteiger partial charge in [-0.25, -0.2) is 0 Å². The van der Waals surface area contributed by atoms with Gasteiger partial charge in [0.2, 0.25) is 0 Å². The Morgan fingerprint density at radius 2 is 1.53 bits per heavy atom. The van der Waals surface area contributed by atoms with Crippen molar-refractivity contribution in [2.75, 3.05) is 0 Å². The number of carbonyl (C=O) groups is 1. The van der Waals surface area contributed by atoms with E-state index in [2.05, 4.69) is 5.92 Å². The largest absolute Gasteiger partial charge is 0.512 e. The number of ketones is 1. The molecule has 0 radical (unpaired) electrons. The Morgan fingerprint density at radius 3 is 2.16 bits per heavy atom. The van der Waals surface area contributed by atoms with Crippen molar-refractivity contribution in [3.05, 3.63) is 112 Å². The van der Waals surface area contributed by atoms with Gasteiger partial charge in [-0.1, -0.05) is 35.8 Å². The maximum atomic E-state index is 14.0. The van der Waals surface area contributed by atoms with Gasteiger partial charge >= 0.3 is 0 Å². The Morgan fingerprint density at radius 1 is 0.907 bits per heavy atom. The number of benzene rings is 3. The van der Waals surface area contributed by atoms with Gasteiger partial charge in [-0.15, -0.1) is 6.42 Å². The number of hydrogen-bond acceptors (Lipinski definition) is 8. The van der Waals surface area contributed by atoms with E-state index in [1.807, 2.05) is 13.0 Å². The molecule has 0 amide bonds. The van der Waals surface area contributed by atoms with E-state index in [9.17, 15) is 40.5 Å². The molecule has 3 unspecified atom stereocenters. The van der Waals surface area contributed by atoms with Gasteiger partial charge in [-0.3, -0.25) is 4.79 Å². The van der Waals surface area contributed by atoms with Crippen LogP contribution in [-0.4, -0.2) is 41.5 Å². The Bertz CT molecular complexity index is 1700. The number of terminal acetylenes is 1. The Balaban J connectivity index is 1.72. The lowest BCUT2D eigenvalue weighted by atomic mass is 9.66. The summed E-state index contributed by atoms with van der Waals surface area (Å²) < 4.78 is 0. The van der Waals surface area contributed by atoms with Gasteiger partial charge in [-0.2, -0.15) is 0 Å². The highest BCUT2D eigenvalue weighted by atomic mass is 16.3. The normalized spacial score (nSPS) is 19.2. The molecule has 43 heavy (non-hydrogen) atoms. The SMILES string of the molecule is C#C/C=C(/C=C/c1ccc(O)cc1O)\C=C(\O)CC1C=C(C)CC(c2ccc(O)cc2O)C1C(=O)c1ccc(O)cc1O. The van der Waals surface area contributed by atoms with Crippen molar-refractivity contribution in [3.8, 4) is 46.8 Å². The molecule has 0 heterocycles. The topological polar surface area (TPSA) is 159 Å². The second-order valence-corrected chi connectivity index (χ2v) is 10.5. The van der Waals surface area contributed by atoms with E-state index in [4.69, 9.17) is 6.42 Å². The summed E-state index contributed by atoms with van der Waals surface area (Å²) in [4.78, 5) is 14.0. The van der Waals surface area contributed by atoms with Gasteiger partial charge in [0.1, 0.15) is 34.5 Å². The zero-order valence-electron chi connectivity index (χ0n) is 23.3. The molecule has 0 spiro atoms. The molecule has 0 bridgehead atoms. The van der Waals surface area contributed by atoms with Crippen LogP contribution in [0, 0.1) is 24.2 Å². The van der Waals surface area contributed by atoms with Gasteiger partial charge in [0.15, 0.2) is 5.78 Å². The van der Waals surface area contributed by atoms with Crippen LogP contribution in [-0.2, 0) is 0 Å². The third-order valence-electron chi connectivity index (χ3n) is 7.40. The number of Topliss-reactive ketones (excluding diaryl/α,β-unsaturated/α-hetero) is 1. The van der Waals surface area contributed by atoms with Crippen LogP contribution in [0.3, 0.4) is 0 Å². The molecular formula is C35H32O8. The second kappa shape index (κ2) is 13.0. The number of aliphatic hydroxyl groups excluding tert-OH is 1. The number of phenolic OH excluding ortho intramolecular Hbond substituents is 6. The Kier molecular flexibility index (Phi) is 9.17. The molecule has 3 aromatic carbocycles. The number of aliphatic hydroxyl groups is 1. The number of allylic oxidation sites excluding steroid dienone is 7. The third kappa shape index (κ3) is 7.21. The number of hydrogen-bond donors (Lipinski definition) is 7. The minimum atomic E-state index is -0.852. The van der Waals surface area contributed by atoms with Gasteiger partial charge in [0.25, 0.3) is 0 Å². The fourth-order valence-corrected chi connectivity index (χ4v) is 5.52. The van der Waals surface area contributed by atoms with Crippen molar-refractivity contribution in [1.82, 2.24) is 0 Å². The number of carbonyl (C=O) groups excluding carboxylic acids is 1. The molecule has 3 aromatic rings. The minimum absolute atomic E-state index is 0.00213. The van der Waals surface area contributed by atoms with E-state index in [1.165, 1.54) is 54.6 Å². The number of phenols is 6. The van der Waals surface area contributed by atoms with Crippen LogP contribution in [0.1, 0.15) is 47.2 Å². The fourth-order valence-electron chi connectivity index (χ4n) is 5.52. The van der Waals surface area contributed by atoms with Crippen LogP contribution in [0.15, 0.2) is 95.8 Å². The molecule has 0 aliphatic heterocycles. The average Bonchev–Trinajstić information content (AvgIpc) is 2.92. The minimum Gasteiger partial charge on any atom is -0.512 e. The lowest BCUT2D eigenvalue weighted by Crippen LogP contribution is -2.33. The lowest BCUT2D eigenvalue weighted by molar-refractivity contribution is 0.0845. The predicted octanol–water partition coefficient (Wildman–Crippen LogP) is 6.57. The van der Waals surface area contributed by atoms with E-state index in [0.717, 1.165) is 11.6 Å². The average molecular weight is 581 g/mol. The first-order chi connectivity index (χ1) is 20.5. The van der Waals surface area contributed by atoms with Crippen LogP contribution in [0.4, 0.5) is 0 Å². The molecule has 8 heteroatoms. The summed E-state index contributed by atoms with van der Waals surface area (Å²) >= 11 is 0. The number of aromatic hydroxyl groups is 6. The fraction of sp³-hybridized carbons (Fsp3) is 0.171. The van der Waals surface area contributed by atoms with Gasteiger partial charge < -0.3 is 35.7 Å². The van der Waals surface area contributed by atoms with Crippen molar-refractivity contribution in [3.63, 3.8) is 0 Å². The van der Waals surface area contributed by atoms with Gasteiger partial charge in [0, 0.05) is 42.0 Å². The van der Waals surface area contributed by atoms with Crippen LogP contribution < -0.4 is 0 Å². The van der Waals surface area contributed by atoms with Gasteiger partial charge in [0.05, 0.1) is 11.3 Å². The van der Waals surface area contributed by atoms with E-state index in [0.29, 0.717) is 23.1 Å². The van der Waals surface area contributed by atoms with Crippen molar-refractivity contribution in [2.45, 2.75) is 25.7 Å². The molecule has 8 nitrogen and oxygen atoms in total. The molecule has 1 aliphatic carbocycles. The van der Waals surface area contributed by atoms with Crippen LogP contribution in [0.5, 0.6) is 34.5 Å². The molecule has 4 rings (SSSR count). The standard InChI is InChI=1S/C35H32O8/c1-3-4-21(5-6-22-7-8-24(36)17-31(22)40)15-27(39)16-23-13-20(2)14-30(28-11-9-25(37)18-32(28)41)34(23)35(43)29-12-10-26(38)19-33(29)42/h1,4-13,15,17-19,23,30,34,36-42H,14,16H2,2H3/b6-5+,21-4-,27-15+. The predicted molar refractivity (Wildman–Crippen MR) is 163 cm³/mol. The number of rotatable bonds is 8. The summed E-state index contributed by atoms with van der Waals surface area (Å²) in [6, 6.07) is 12.0.